The van der Waals surface area contributed by atoms with Crippen molar-refractivity contribution in [2.45, 2.75) is 51.0 Å². The highest BCUT2D eigenvalue weighted by molar-refractivity contribution is 5.80. The van der Waals surface area contributed by atoms with E-state index in [9.17, 15) is 10.1 Å². The lowest BCUT2D eigenvalue weighted by molar-refractivity contribution is -0.384. The third-order valence-corrected chi connectivity index (χ3v) is 4.31. The van der Waals surface area contributed by atoms with Crippen molar-refractivity contribution in [1.82, 2.24) is 10.6 Å². The molecule has 2 saturated heterocycles. The summed E-state index contributed by atoms with van der Waals surface area (Å²) in [6.45, 7) is 3.18. The predicted octanol–water partition coefficient (Wildman–Crippen LogP) is 1.97. The van der Waals surface area contributed by atoms with E-state index in [1.54, 1.807) is 12.1 Å². The van der Waals surface area contributed by atoms with E-state index in [4.69, 9.17) is 4.74 Å². The first-order chi connectivity index (χ1) is 11.2. The summed E-state index contributed by atoms with van der Waals surface area (Å²) in [5.74, 6) is 0.736. The van der Waals surface area contributed by atoms with Crippen LogP contribution in [0, 0.1) is 10.1 Å². The van der Waals surface area contributed by atoms with Crippen molar-refractivity contribution in [3.8, 4) is 0 Å². The van der Waals surface area contributed by atoms with Crippen molar-refractivity contribution in [3.05, 3.63) is 39.9 Å². The van der Waals surface area contributed by atoms with Gasteiger partial charge in [-0.3, -0.25) is 10.1 Å². The molecule has 2 bridgehead atoms. The molecule has 3 atom stereocenters. The van der Waals surface area contributed by atoms with Crippen LogP contribution in [0.5, 0.6) is 0 Å². The van der Waals surface area contributed by atoms with Gasteiger partial charge >= 0.3 is 0 Å². The summed E-state index contributed by atoms with van der Waals surface area (Å²) in [6, 6.07) is 6.89. The first-order valence-corrected chi connectivity index (χ1v) is 8.09. The first-order valence-electron chi connectivity index (χ1n) is 8.09. The molecule has 0 amide bonds. The van der Waals surface area contributed by atoms with Gasteiger partial charge in [0, 0.05) is 18.7 Å². The maximum Gasteiger partial charge on any atom is 0.269 e. The zero-order valence-corrected chi connectivity index (χ0v) is 13.2. The molecule has 2 aliphatic rings. The monoisotopic (exact) mass is 318 g/mol. The molecular formula is C16H22N4O3. The Morgan fingerprint density at radius 1 is 1.48 bits per heavy atom. The molecule has 7 nitrogen and oxygen atoms in total. The number of nitrogens with one attached hydrogen (secondary N) is 2. The SMILES string of the molecule is CCNC(=NCc1cccc([N+](=O)[O-])c1)NC1CC2CCC1O2. The van der Waals surface area contributed by atoms with Crippen molar-refractivity contribution in [3.63, 3.8) is 0 Å². The minimum absolute atomic E-state index is 0.0946. The summed E-state index contributed by atoms with van der Waals surface area (Å²) < 4.78 is 5.85. The van der Waals surface area contributed by atoms with Crippen molar-refractivity contribution in [2.24, 2.45) is 4.99 Å². The molecule has 2 N–H and O–H groups in total. The molecule has 124 valence electrons. The Morgan fingerprint density at radius 2 is 2.35 bits per heavy atom. The lowest BCUT2D eigenvalue weighted by Crippen LogP contribution is -2.47. The van der Waals surface area contributed by atoms with Crippen molar-refractivity contribution >= 4 is 11.6 Å². The maximum atomic E-state index is 10.8. The Morgan fingerprint density at radius 3 is 3.00 bits per heavy atom. The number of nitrogens with zero attached hydrogens (tertiary/aromatic N) is 2. The van der Waals surface area contributed by atoms with Crippen LogP contribution >= 0.6 is 0 Å². The summed E-state index contributed by atoms with van der Waals surface area (Å²) in [5, 5.41) is 17.5. The van der Waals surface area contributed by atoms with Gasteiger partial charge in [-0.1, -0.05) is 12.1 Å². The minimum atomic E-state index is -0.386. The van der Waals surface area contributed by atoms with Crippen LogP contribution in [-0.4, -0.2) is 35.7 Å². The third-order valence-electron chi connectivity index (χ3n) is 4.31. The van der Waals surface area contributed by atoms with E-state index in [2.05, 4.69) is 15.6 Å². The van der Waals surface area contributed by atoms with Gasteiger partial charge in [0.1, 0.15) is 0 Å². The normalized spacial score (nSPS) is 26.3. The van der Waals surface area contributed by atoms with Crippen molar-refractivity contribution < 1.29 is 9.66 Å². The second kappa shape index (κ2) is 6.95. The molecule has 2 fully saturated rings. The fourth-order valence-corrected chi connectivity index (χ4v) is 3.22. The summed E-state index contributed by atoms with van der Waals surface area (Å²) >= 11 is 0. The van der Waals surface area contributed by atoms with Crippen LogP contribution in [0.15, 0.2) is 29.3 Å². The quantitative estimate of drug-likeness (QED) is 0.375. The zero-order chi connectivity index (χ0) is 16.2. The molecule has 0 aliphatic carbocycles. The molecule has 1 aromatic rings. The van der Waals surface area contributed by atoms with Gasteiger partial charge < -0.3 is 15.4 Å². The second-order valence-corrected chi connectivity index (χ2v) is 5.98. The third kappa shape index (κ3) is 3.79. The molecule has 0 radical (unpaired) electrons. The smallest absolute Gasteiger partial charge is 0.269 e. The highest BCUT2D eigenvalue weighted by Gasteiger charge is 2.41. The summed E-state index contributed by atoms with van der Waals surface area (Å²) in [7, 11) is 0. The number of nitro benzene ring substituents is 1. The number of rotatable bonds is 5. The molecule has 0 spiro atoms. The van der Waals surface area contributed by atoms with Crippen molar-refractivity contribution in [1.29, 1.82) is 0 Å². The summed E-state index contributed by atoms with van der Waals surface area (Å²) in [5.41, 5.74) is 0.915. The number of ether oxygens (including phenoxy) is 1. The van der Waals surface area contributed by atoms with E-state index in [1.165, 1.54) is 6.07 Å². The number of benzene rings is 1. The molecule has 1 aromatic carbocycles. The molecule has 2 aliphatic heterocycles. The van der Waals surface area contributed by atoms with Crippen LogP contribution in [0.2, 0.25) is 0 Å². The van der Waals surface area contributed by atoms with E-state index in [-0.39, 0.29) is 16.7 Å². The number of aliphatic imine (C=N–C) groups is 1. The molecule has 0 aromatic heterocycles. The average molecular weight is 318 g/mol. The topological polar surface area (TPSA) is 88.8 Å². The molecule has 2 heterocycles. The van der Waals surface area contributed by atoms with Crippen LogP contribution in [0.1, 0.15) is 31.7 Å². The standard InChI is InChI=1S/C16H22N4O3/c1-2-17-16(19-14-9-13-6-7-15(14)23-13)18-10-11-4-3-5-12(8-11)20(21)22/h3-5,8,13-15H,2,6-7,9-10H2,1H3,(H2,17,18,19). The number of nitro groups is 1. The van der Waals surface area contributed by atoms with Gasteiger partial charge in [-0.05, 0) is 31.7 Å². The number of fused-ring (bicyclic) bond motifs is 2. The van der Waals surface area contributed by atoms with Crippen LogP contribution < -0.4 is 10.6 Å². The fourth-order valence-electron chi connectivity index (χ4n) is 3.22. The Kier molecular flexibility index (Phi) is 4.76. The van der Waals surface area contributed by atoms with Gasteiger partial charge in [0.2, 0.25) is 0 Å². The predicted molar refractivity (Wildman–Crippen MR) is 87.3 cm³/mol. The average Bonchev–Trinajstić information content (AvgIpc) is 3.16. The summed E-state index contributed by atoms with van der Waals surface area (Å²) in [4.78, 5) is 15.0. The molecule has 7 heteroatoms. The Balaban J connectivity index is 1.64. The van der Waals surface area contributed by atoms with E-state index in [0.29, 0.717) is 18.7 Å². The first kappa shape index (κ1) is 15.7. The second-order valence-electron chi connectivity index (χ2n) is 5.98. The van der Waals surface area contributed by atoms with E-state index in [0.717, 1.165) is 37.3 Å². The highest BCUT2D eigenvalue weighted by atomic mass is 16.6. The number of hydrogen-bond donors (Lipinski definition) is 2. The van der Waals surface area contributed by atoms with Crippen molar-refractivity contribution in [2.75, 3.05) is 6.54 Å². The number of hydrogen-bond acceptors (Lipinski definition) is 4. The molecule has 3 unspecified atom stereocenters. The Hall–Kier alpha value is -2.15. The number of non-ortho nitro benzene ring substituents is 1. The van der Waals surface area contributed by atoms with Gasteiger partial charge in [-0.25, -0.2) is 4.99 Å². The van der Waals surface area contributed by atoms with Crippen LogP contribution in [0.25, 0.3) is 0 Å². The lowest BCUT2D eigenvalue weighted by Gasteiger charge is -2.22. The van der Waals surface area contributed by atoms with Gasteiger partial charge in [-0.2, -0.15) is 0 Å². The largest absolute Gasteiger partial charge is 0.373 e. The lowest BCUT2D eigenvalue weighted by atomic mass is 9.96. The van der Waals surface area contributed by atoms with E-state index >= 15 is 0 Å². The maximum absolute atomic E-state index is 10.8. The van der Waals surface area contributed by atoms with E-state index in [1.807, 2.05) is 13.0 Å². The van der Waals surface area contributed by atoms with Gasteiger partial charge in [-0.15, -0.1) is 0 Å². The minimum Gasteiger partial charge on any atom is -0.373 e. The van der Waals surface area contributed by atoms with Crippen LogP contribution in [0.3, 0.4) is 0 Å². The van der Waals surface area contributed by atoms with E-state index < -0.39 is 0 Å². The Bertz CT molecular complexity index is 605. The zero-order valence-electron chi connectivity index (χ0n) is 13.2. The molecule has 3 rings (SSSR count). The number of guanidine groups is 1. The van der Waals surface area contributed by atoms with Crippen LogP contribution in [0.4, 0.5) is 5.69 Å². The van der Waals surface area contributed by atoms with Gasteiger partial charge in [0.05, 0.1) is 29.7 Å². The molecule has 0 saturated carbocycles. The molecule has 23 heavy (non-hydrogen) atoms. The van der Waals surface area contributed by atoms with Crippen LogP contribution in [-0.2, 0) is 11.3 Å². The highest BCUT2D eigenvalue weighted by Crippen LogP contribution is 2.34. The fraction of sp³-hybridized carbons (Fsp3) is 0.562. The summed E-state index contributed by atoms with van der Waals surface area (Å²) in [6.07, 6.45) is 3.95. The van der Waals surface area contributed by atoms with Gasteiger partial charge in [0.25, 0.3) is 5.69 Å². The molecular weight excluding hydrogens is 296 g/mol. The Labute approximate surface area is 135 Å². The van der Waals surface area contributed by atoms with Gasteiger partial charge in [0.15, 0.2) is 5.96 Å².